The van der Waals surface area contributed by atoms with E-state index in [0.29, 0.717) is 12.2 Å². The monoisotopic (exact) mass is 391 g/mol. The lowest BCUT2D eigenvalue weighted by molar-refractivity contribution is -0.139. The second kappa shape index (κ2) is 9.58. The Morgan fingerprint density at radius 1 is 0.857 bits per heavy atom. The lowest BCUT2D eigenvalue weighted by Crippen LogP contribution is -2.35. The van der Waals surface area contributed by atoms with Gasteiger partial charge in [0, 0.05) is 0 Å². The van der Waals surface area contributed by atoms with Gasteiger partial charge in [-0.3, -0.25) is 4.79 Å². The van der Waals surface area contributed by atoms with E-state index >= 15 is 0 Å². The average molecular weight is 392 g/mol. The first-order chi connectivity index (χ1) is 13.7. The molecule has 3 aromatic carbocycles. The molecule has 28 heavy (non-hydrogen) atoms. The van der Waals surface area contributed by atoms with Gasteiger partial charge in [-0.25, -0.2) is 0 Å². The molecule has 0 saturated heterocycles. The molecule has 0 radical (unpaired) electrons. The number of likely N-dealkylation sites (N-methyl/N-ethyl adjacent to an activating group) is 1. The second-order valence-corrected chi connectivity index (χ2v) is 7.91. The molecule has 0 spiro atoms. The summed E-state index contributed by atoms with van der Waals surface area (Å²) in [5.74, 6) is -0.107. The Balaban J connectivity index is 2.07. The van der Waals surface area contributed by atoms with E-state index in [1.807, 2.05) is 18.2 Å². The third kappa shape index (κ3) is 4.29. The van der Waals surface area contributed by atoms with Crippen molar-refractivity contribution in [1.29, 1.82) is 0 Å². The molecule has 3 rings (SSSR count). The van der Waals surface area contributed by atoms with Crippen LogP contribution in [-0.2, 0) is 9.54 Å². The number of rotatable bonds is 9. The molecule has 0 aliphatic carbocycles. The molecule has 4 heteroatoms. The van der Waals surface area contributed by atoms with E-state index in [1.54, 1.807) is 18.8 Å². The maximum atomic E-state index is 11.4. The zero-order valence-corrected chi connectivity index (χ0v) is 16.7. The highest BCUT2D eigenvalue weighted by Crippen LogP contribution is 2.48. The summed E-state index contributed by atoms with van der Waals surface area (Å²) < 4.78 is -0.402. The standard InChI is InChI=1S/C24H25NO2S/c1-25-22(23(26)27)17-18-28-24(19-11-5-2-6-12-19,20-13-7-3-8-14-20)21-15-9-4-10-16-21/h2-16,22,25H,17-18H2,1H3,(H,26,27)/t22-/m1/s1. The minimum absolute atomic E-state index is 0.402. The Labute approximate surface area is 170 Å². The molecule has 0 bridgehead atoms. The molecule has 0 fully saturated rings. The van der Waals surface area contributed by atoms with Gasteiger partial charge in [-0.05, 0) is 35.9 Å². The van der Waals surface area contributed by atoms with Crippen molar-refractivity contribution in [2.45, 2.75) is 17.2 Å². The Bertz CT molecular complexity index is 772. The van der Waals surface area contributed by atoms with Crippen molar-refractivity contribution in [2.24, 2.45) is 0 Å². The van der Waals surface area contributed by atoms with Crippen LogP contribution in [0.1, 0.15) is 23.1 Å². The van der Waals surface area contributed by atoms with Gasteiger partial charge >= 0.3 is 5.97 Å². The smallest absolute Gasteiger partial charge is 0.320 e. The van der Waals surface area contributed by atoms with Crippen molar-refractivity contribution in [2.75, 3.05) is 12.8 Å². The van der Waals surface area contributed by atoms with Gasteiger partial charge in [-0.2, -0.15) is 0 Å². The molecule has 0 aliphatic heterocycles. The predicted molar refractivity (Wildman–Crippen MR) is 117 cm³/mol. The van der Waals surface area contributed by atoms with Gasteiger partial charge in [0.15, 0.2) is 0 Å². The van der Waals surface area contributed by atoms with Gasteiger partial charge < -0.3 is 10.4 Å². The molecule has 0 amide bonds. The van der Waals surface area contributed by atoms with Crippen molar-refractivity contribution in [1.82, 2.24) is 5.32 Å². The van der Waals surface area contributed by atoms with Crippen molar-refractivity contribution in [3.05, 3.63) is 108 Å². The molecular weight excluding hydrogens is 366 g/mol. The van der Waals surface area contributed by atoms with Crippen LogP contribution in [-0.4, -0.2) is 29.9 Å². The Morgan fingerprint density at radius 3 is 1.57 bits per heavy atom. The minimum Gasteiger partial charge on any atom is -0.480 e. The van der Waals surface area contributed by atoms with Crippen molar-refractivity contribution < 1.29 is 9.90 Å². The summed E-state index contributed by atoms with van der Waals surface area (Å²) in [6.45, 7) is 0. The van der Waals surface area contributed by atoms with Crippen LogP contribution in [0.4, 0.5) is 0 Å². The average Bonchev–Trinajstić information content (AvgIpc) is 2.76. The summed E-state index contributed by atoms with van der Waals surface area (Å²) in [5.41, 5.74) is 3.57. The van der Waals surface area contributed by atoms with Crippen LogP contribution in [0, 0.1) is 0 Å². The molecule has 0 aromatic heterocycles. The third-order valence-corrected chi connectivity index (χ3v) is 6.49. The van der Waals surface area contributed by atoms with Gasteiger partial charge in [0.2, 0.25) is 0 Å². The number of hydrogen-bond donors (Lipinski definition) is 2. The zero-order valence-electron chi connectivity index (χ0n) is 15.9. The van der Waals surface area contributed by atoms with E-state index in [0.717, 1.165) is 0 Å². The summed E-state index contributed by atoms with van der Waals surface area (Å²) in [6.07, 6.45) is 0.546. The number of aliphatic carboxylic acids is 1. The van der Waals surface area contributed by atoms with Crippen LogP contribution >= 0.6 is 11.8 Å². The normalized spacial score (nSPS) is 12.5. The number of carboxylic acids is 1. The van der Waals surface area contributed by atoms with Crippen LogP contribution in [0.3, 0.4) is 0 Å². The first-order valence-corrected chi connectivity index (χ1v) is 10.4. The van der Waals surface area contributed by atoms with E-state index in [-0.39, 0.29) is 0 Å². The number of nitrogens with one attached hydrogen (secondary N) is 1. The fourth-order valence-corrected chi connectivity index (χ4v) is 5.06. The lowest BCUT2D eigenvalue weighted by atomic mass is 9.84. The molecule has 2 N–H and O–H groups in total. The topological polar surface area (TPSA) is 49.3 Å². The molecule has 3 aromatic rings. The fraction of sp³-hybridized carbons (Fsp3) is 0.208. The minimum atomic E-state index is -0.812. The van der Waals surface area contributed by atoms with Gasteiger partial charge in [-0.15, -0.1) is 11.8 Å². The number of benzene rings is 3. The molecule has 0 unspecified atom stereocenters. The van der Waals surface area contributed by atoms with E-state index in [9.17, 15) is 9.90 Å². The van der Waals surface area contributed by atoms with Gasteiger partial charge in [0.25, 0.3) is 0 Å². The van der Waals surface area contributed by atoms with Gasteiger partial charge in [0.1, 0.15) is 6.04 Å². The third-order valence-electron chi connectivity index (χ3n) is 4.91. The van der Waals surface area contributed by atoms with E-state index in [4.69, 9.17) is 0 Å². The largest absolute Gasteiger partial charge is 0.480 e. The lowest BCUT2D eigenvalue weighted by Gasteiger charge is -2.35. The summed E-state index contributed by atoms with van der Waals surface area (Å²) in [4.78, 5) is 11.4. The summed E-state index contributed by atoms with van der Waals surface area (Å²) in [6, 6.07) is 30.8. The van der Waals surface area contributed by atoms with Crippen LogP contribution in [0.2, 0.25) is 0 Å². The summed E-state index contributed by atoms with van der Waals surface area (Å²) in [7, 11) is 1.70. The van der Waals surface area contributed by atoms with Crippen LogP contribution in [0.25, 0.3) is 0 Å². The highest BCUT2D eigenvalue weighted by Gasteiger charge is 2.37. The maximum absolute atomic E-state index is 11.4. The van der Waals surface area contributed by atoms with Crippen molar-refractivity contribution >= 4 is 17.7 Å². The highest BCUT2D eigenvalue weighted by atomic mass is 32.2. The highest BCUT2D eigenvalue weighted by molar-refractivity contribution is 8.00. The number of carbonyl (C=O) groups is 1. The van der Waals surface area contributed by atoms with Crippen LogP contribution in [0.5, 0.6) is 0 Å². The first kappa shape index (κ1) is 20.2. The quantitative estimate of drug-likeness (QED) is 0.516. The molecule has 0 saturated carbocycles. The van der Waals surface area contributed by atoms with Crippen LogP contribution < -0.4 is 5.32 Å². The number of thioether (sulfide) groups is 1. The number of hydrogen-bond acceptors (Lipinski definition) is 3. The molecular formula is C24H25NO2S. The fourth-order valence-electron chi connectivity index (χ4n) is 3.49. The SMILES string of the molecule is CN[C@H](CCSC(c1ccccc1)(c1ccccc1)c1ccccc1)C(=O)O. The van der Waals surface area contributed by atoms with Crippen molar-refractivity contribution in [3.8, 4) is 0 Å². The van der Waals surface area contributed by atoms with Gasteiger partial charge in [0.05, 0.1) is 4.75 Å². The molecule has 0 heterocycles. The zero-order chi connectivity index (χ0) is 19.8. The summed E-state index contributed by atoms with van der Waals surface area (Å²) in [5, 5.41) is 12.3. The Kier molecular flexibility index (Phi) is 6.90. The van der Waals surface area contributed by atoms with E-state index in [2.05, 4.69) is 78.1 Å². The molecule has 1 atom stereocenters. The van der Waals surface area contributed by atoms with E-state index < -0.39 is 16.8 Å². The second-order valence-electron chi connectivity index (χ2n) is 6.60. The maximum Gasteiger partial charge on any atom is 0.320 e. The molecule has 3 nitrogen and oxygen atoms in total. The Hall–Kier alpha value is -2.56. The Morgan fingerprint density at radius 2 is 1.25 bits per heavy atom. The van der Waals surface area contributed by atoms with Crippen LogP contribution in [0.15, 0.2) is 91.0 Å². The summed E-state index contributed by atoms with van der Waals surface area (Å²) >= 11 is 1.79. The van der Waals surface area contributed by atoms with Crippen molar-refractivity contribution in [3.63, 3.8) is 0 Å². The predicted octanol–water partition coefficient (Wildman–Crippen LogP) is 4.77. The molecule has 144 valence electrons. The van der Waals surface area contributed by atoms with Gasteiger partial charge in [-0.1, -0.05) is 91.0 Å². The van der Waals surface area contributed by atoms with E-state index in [1.165, 1.54) is 16.7 Å². The first-order valence-electron chi connectivity index (χ1n) is 9.39. The molecule has 0 aliphatic rings. The number of carboxylic acid groups (broad SMARTS) is 1.